The Morgan fingerprint density at radius 2 is 2.00 bits per heavy atom. The number of hydrogen-bond acceptors (Lipinski definition) is 2. The molecule has 0 saturated heterocycles. The zero-order valence-corrected chi connectivity index (χ0v) is 12.8. The number of rotatable bonds is 6. The summed E-state index contributed by atoms with van der Waals surface area (Å²) >= 11 is 9.15. The fraction of sp³-hybridized carbons (Fsp3) is 0.462. The number of amides is 1. The van der Waals surface area contributed by atoms with Crippen LogP contribution >= 0.6 is 27.5 Å². The zero-order valence-electron chi connectivity index (χ0n) is 10.5. The standard InChI is InChI=1S/C13H17BrClNO2/c1-9(7-14)10(2)16-13(17)8-18-12-5-3-11(15)4-6-12/h3-6,9-10H,7-8H2,1-2H3,(H,16,17). The van der Waals surface area contributed by atoms with Gasteiger partial charge < -0.3 is 10.1 Å². The van der Waals surface area contributed by atoms with Gasteiger partial charge in [-0.1, -0.05) is 34.5 Å². The summed E-state index contributed by atoms with van der Waals surface area (Å²) in [4.78, 5) is 11.6. The van der Waals surface area contributed by atoms with Crippen LogP contribution in [0.25, 0.3) is 0 Å². The summed E-state index contributed by atoms with van der Waals surface area (Å²) in [6.45, 7) is 4.06. The highest BCUT2D eigenvalue weighted by molar-refractivity contribution is 9.09. The number of halogens is 2. The fourth-order valence-corrected chi connectivity index (χ4v) is 1.94. The van der Waals surface area contributed by atoms with Crippen LogP contribution in [0.4, 0.5) is 0 Å². The number of benzene rings is 1. The van der Waals surface area contributed by atoms with Crippen molar-refractivity contribution in [2.75, 3.05) is 11.9 Å². The van der Waals surface area contributed by atoms with Gasteiger partial charge in [-0.2, -0.15) is 0 Å². The second-order valence-corrected chi connectivity index (χ2v) is 5.31. The van der Waals surface area contributed by atoms with Crippen molar-refractivity contribution in [3.05, 3.63) is 29.3 Å². The molecule has 2 unspecified atom stereocenters. The first-order chi connectivity index (χ1) is 8.52. The second-order valence-electron chi connectivity index (χ2n) is 4.23. The van der Waals surface area contributed by atoms with E-state index >= 15 is 0 Å². The molecule has 5 heteroatoms. The quantitative estimate of drug-likeness (QED) is 0.811. The van der Waals surface area contributed by atoms with Gasteiger partial charge in [-0.05, 0) is 37.1 Å². The van der Waals surface area contributed by atoms with Crippen LogP contribution in [0.5, 0.6) is 5.75 Å². The maximum atomic E-state index is 11.6. The normalized spacial score (nSPS) is 13.8. The molecule has 18 heavy (non-hydrogen) atoms. The molecule has 0 heterocycles. The molecule has 0 fully saturated rings. The van der Waals surface area contributed by atoms with E-state index in [0.29, 0.717) is 16.7 Å². The van der Waals surface area contributed by atoms with E-state index in [2.05, 4.69) is 28.2 Å². The van der Waals surface area contributed by atoms with E-state index in [1.165, 1.54) is 0 Å². The van der Waals surface area contributed by atoms with E-state index in [1.54, 1.807) is 24.3 Å². The molecule has 0 aliphatic rings. The highest BCUT2D eigenvalue weighted by Crippen LogP contribution is 2.15. The Bertz CT molecular complexity index is 383. The summed E-state index contributed by atoms with van der Waals surface area (Å²) in [5.41, 5.74) is 0. The third-order valence-electron chi connectivity index (χ3n) is 2.67. The van der Waals surface area contributed by atoms with E-state index in [0.717, 1.165) is 5.33 Å². The Kier molecular flexibility index (Phi) is 6.50. The molecule has 0 aliphatic carbocycles. The molecular weight excluding hydrogens is 318 g/mol. The van der Waals surface area contributed by atoms with Gasteiger partial charge in [0.15, 0.2) is 6.61 Å². The predicted octanol–water partition coefficient (Wildman–Crippen LogP) is 3.25. The molecule has 1 aromatic rings. The van der Waals surface area contributed by atoms with Crippen molar-refractivity contribution < 1.29 is 9.53 Å². The van der Waals surface area contributed by atoms with E-state index in [-0.39, 0.29) is 18.6 Å². The van der Waals surface area contributed by atoms with Crippen LogP contribution in [-0.2, 0) is 4.79 Å². The second kappa shape index (κ2) is 7.64. The van der Waals surface area contributed by atoms with Gasteiger partial charge in [-0.3, -0.25) is 4.79 Å². The lowest BCUT2D eigenvalue weighted by molar-refractivity contribution is -0.123. The van der Waals surface area contributed by atoms with Crippen molar-refractivity contribution in [2.24, 2.45) is 5.92 Å². The number of carbonyl (C=O) groups is 1. The van der Waals surface area contributed by atoms with Gasteiger partial charge >= 0.3 is 0 Å². The molecule has 0 aromatic heterocycles. The van der Waals surface area contributed by atoms with Gasteiger partial charge in [-0.25, -0.2) is 0 Å². The molecule has 1 N–H and O–H groups in total. The van der Waals surface area contributed by atoms with Gasteiger partial charge in [0.1, 0.15) is 5.75 Å². The summed E-state index contributed by atoms with van der Waals surface area (Å²) in [7, 11) is 0. The molecule has 100 valence electrons. The maximum absolute atomic E-state index is 11.6. The van der Waals surface area contributed by atoms with Crippen LogP contribution < -0.4 is 10.1 Å². The minimum absolute atomic E-state index is 0.0149. The number of alkyl halides is 1. The Morgan fingerprint density at radius 1 is 1.39 bits per heavy atom. The number of ether oxygens (including phenoxy) is 1. The minimum Gasteiger partial charge on any atom is -0.484 e. The third-order valence-corrected chi connectivity index (χ3v) is 3.94. The monoisotopic (exact) mass is 333 g/mol. The SMILES string of the molecule is CC(CBr)C(C)NC(=O)COc1ccc(Cl)cc1. The van der Waals surface area contributed by atoms with Gasteiger partial charge in [0.05, 0.1) is 0 Å². The van der Waals surface area contributed by atoms with Gasteiger partial charge in [-0.15, -0.1) is 0 Å². The smallest absolute Gasteiger partial charge is 0.258 e. The average molecular weight is 335 g/mol. The van der Waals surface area contributed by atoms with Crippen LogP contribution in [0.3, 0.4) is 0 Å². The van der Waals surface area contributed by atoms with Crippen LogP contribution in [0, 0.1) is 5.92 Å². The number of hydrogen-bond donors (Lipinski definition) is 1. The molecule has 1 rings (SSSR count). The first-order valence-corrected chi connectivity index (χ1v) is 7.26. The first-order valence-electron chi connectivity index (χ1n) is 5.76. The average Bonchev–Trinajstić information content (AvgIpc) is 2.37. The topological polar surface area (TPSA) is 38.3 Å². The van der Waals surface area contributed by atoms with Crippen molar-refractivity contribution >= 4 is 33.4 Å². The van der Waals surface area contributed by atoms with E-state index < -0.39 is 0 Å². The molecule has 1 aromatic carbocycles. The lowest BCUT2D eigenvalue weighted by Crippen LogP contribution is -2.40. The van der Waals surface area contributed by atoms with Crippen LogP contribution in [0.15, 0.2) is 24.3 Å². The highest BCUT2D eigenvalue weighted by Gasteiger charge is 2.13. The lowest BCUT2D eigenvalue weighted by atomic mass is 10.1. The largest absolute Gasteiger partial charge is 0.484 e. The van der Waals surface area contributed by atoms with Crippen LogP contribution in [0.1, 0.15) is 13.8 Å². The van der Waals surface area contributed by atoms with Gasteiger partial charge in [0.25, 0.3) is 5.91 Å². The highest BCUT2D eigenvalue weighted by atomic mass is 79.9. The molecule has 0 radical (unpaired) electrons. The lowest BCUT2D eigenvalue weighted by Gasteiger charge is -2.19. The third kappa shape index (κ3) is 5.27. The van der Waals surface area contributed by atoms with E-state index in [9.17, 15) is 4.79 Å². The molecule has 1 amide bonds. The Labute approximate surface area is 121 Å². The summed E-state index contributed by atoms with van der Waals surface area (Å²) in [6.07, 6.45) is 0. The van der Waals surface area contributed by atoms with E-state index in [1.807, 2.05) is 6.92 Å². The van der Waals surface area contributed by atoms with Crippen molar-refractivity contribution in [3.8, 4) is 5.75 Å². The fourth-order valence-electron chi connectivity index (χ4n) is 1.25. The van der Waals surface area contributed by atoms with Crippen molar-refractivity contribution in [1.29, 1.82) is 0 Å². The number of carbonyl (C=O) groups excluding carboxylic acids is 1. The van der Waals surface area contributed by atoms with Crippen molar-refractivity contribution in [2.45, 2.75) is 19.9 Å². The number of nitrogens with one attached hydrogen (secondary N) is 1. The Morgan fingerprint density at radius 3 is 2.56 bits per heavy atom. The first kappa shape index (κ1) is 15.3. The van der Waals surface area contributed by atoms with Crippen molar-refractivity contribution in [1.82, 2.24) is 5.32 Å². The molecule has 2 atom stereocenters. The summed E-state index contributed by atoms with van der Waals surface area (Å²) < 4.78 is 5.35. The van der Waals surface area contributed by atoms with Crippen LogP contribution in [-0.4, -0.2) is 23.9 Å². The molecule has 0 aliphatic heterocycles. The maximum Gasteiger partial charge on any atom is 0.258 e. The minimum atomic E-state index is -0.120. The Hall–Kier alpha value is -0.740. The van der Waals surface area contributed by atoms with Gasteiger partial charge in [0, 0.05) is 16.4 Å². The summed E-state index contributed by atoms with van der Waals surface area (Å²) in [5.74, 6) is 0.894. The summed E-state index contributed by atoms with van der Waals surface area (Å²) in [5, 5.41) is 4.39. The molecule has 0 bridgehead atoms. The Balaban J connectivity index is 2.35. The molecule has 0 saturated carbocycles. The summed E-state index contributed by atoms with van der Waals surface area (Å²) in [6, 6.07) is 7.04. The molecule has 3 nitrogen and oxygen atoms in total. The van der Waals surface area contributed by atoms with Crippen molar-refractivity contribution in [3.63, 3.8) is 0 Å². The predicted molar refractivity (Wildman–Crippen MR) is 77.5 cm³/mol. The zero-order chi connectivity index (χ0) is 13.5. The van der Waals surface area contributed by atoms with Gasteiger partial charge in [0.2, 0.25) is 0 Å². The molecular formula is C13H17BrClNO2. The van der Waals surface area contributed by atoms with Crippen LogP contribution in [0.2, 0.25) is 5.02 Å². The van der Waals surface area contributed by atoms with E-state index in [4.69, 9.17) is 16.3 Å². The molecule has 0 spiro atoms.